The molecule has 6 bridgehead atoms. The first kappa shape index (κ1) is 50.0. The summed E-state index contributed by atoms with van der Waals surface area (Å²) in [4.78, 5) is 77.6. The molecule has 3 aliphatic rings. The van der Waals surface area contributed by atoms with E-state index >= 15 is 0 Å². The quantitative estimate of drug-likeness (QED) is 0.105. The predicted octanol–water partition coefficient (Wildman–Crippen LogP) is 5.39. The van der Waals surface area contributed by atoms with Crippen molar-refractivity contribution >= 4 is 40.5 Å². The van der Waals surface area contributed by atoms with E-state index in [0.29, 0.717) is 36.9 Å². The van der Waals surface area contributed by atoms with Gasteiger partial charge in [0.2, 0.25) is 17.7 Å². The van der Waals surface area contributed by atoms with Crippen LogP contribution >= 0.6 is 0 Å². The maximum Gasteiger partial charge on any atom is 0.324 e. The topological polar surface area (TPSA) is 198 Å². The number of ether oxygens (including phenoxy) is 2. The number of hydrogen-bond acceptors (Lipinski definition) is 11. The lowest BCUT2D eigenvalue weighted by Gasteiger charge is -2.37. The Morgan fingerprint density at radius 2 is 1.79 bits per heavy atom. The van der Waals surface area contributed by atoms with Gasteiger partial charge < -0.3 is 34.3 Å². The summed E-state index contributed by atoms with van der Waals surface area (Å²) in [5, 5.41) is 19.9. The molecule has 2 aromatic heterocycles. The van der Waals surface area contributed by atoms with Crippen LogP contribution in [-0.4, -0.2) is 130 Å². The fraction of sp³-hybridized carbons (Fsp3) is 0.538. The summed E-state index contributed by atoms with van der Waals surface area (Å²) in [5.74, 6) is -2.29. The number of aromatic hydroxyl groups is 1. The highest BCUT2D eigenvalue weighted by atomic mass is 16.5. The maximum atomic E-state index is 14.7. The number of hydrogen-bond donors (Lipinski definition) is 4. The predicted molar refractivity (Wildman–Crippen MR) is 260 cm³/mol. The van der Waals surface area contributed by atoms with Crippen molar-refractivity contribution in [3.05, 3.63) is 71.5 Å². The number of aromatic nitrogens is 2. The van der Waals surface area contributed by atoms with Crippen LogP contribution in [0.3, 0.4) is 0 Å². The third kappa shape index (κ3) is 10.6. The van der Waals surface area contributed by atoms with Gasteiger partial charge in [0.15, 0.2) is 0 Å². The first-order chi connectivity index (χ1) is 32.2. The van der Waals surface area contributed by atoms with Gasteiger partial charge in [0, 0.05) is 74.8 Å². The normalized spacial score (nSPS) is 21.5. The number of hydrazine groups is 1. The zero-order valence-corrected chi connectivity index (χ0v) is 41.5. The highest BCUT2D eigenvalue weighted by Crippen LogP contribution is 2.42. The number of nitrogens with one attached hydrogen (secondary N) is 3. The van der Waals surface area contributed by atoms with Crippen molar-refractivity contribution in [2.75, 3.05) is 40.9 Å². The Bertz CT molecular complexity index is 2550. The molecule has 0 aliphatic carbocycles. The summed E-state index contributed by atoms with van der Waals surface area (Å²) in [6.07, 6.45) is 2.93. The van der Waals surface area contributed by atoms with Crippen LogP contribution in [0.5, 0.6) is 5.75 Å². The number of benzene rings is 2. The lowest BCUT2D eigenvalue weighted by Crippen LogP contribution is -2.62. The number of aryl methyl sites for hydroxylation is 1. The van der Waals surface area contributed by atoms with Crippen LogP contribution < -0.4 is 16.1 Å². The molecule has 16 heteroatoms. The molecule has 366 valence electrons. The summed E-state index contributed by atoms with van der Waals surface area (Å²) in [6, 6.07) is 12.1. The number of carbonyl (C=O) groups excluding carboxylic acids is 5. The Labute approximate surface area is 400 Å². The number of rotatable bonds is 12. The Morgan fingerprint density at radius 3 is 2.47 bits per heavy atom. The van der Waals surface area contributed by atoms with E-state index in [2.05, 4.69) is 59.6 Å². The molecule has 0 unspecified atom stereocenters. The second-order valence-electron chi connectivity index (χ2n) is 20.3. The minimum atomic E-state index is -1.18. The molecular formula is C52H70N8O8. The number of phenolic OH excluding ortho intramolecular Hbond substituents is 1. The van der Waals surface area contributed by atoms with E-state index in [0.717, 1.165) is 39.0 Å². The molecule has 4 aromatic rings. The second kappa shape index (κ2) is 20.4. The largest absolute Gasteiger partial charge is 0.508 e. The van der Waals surface area contributed by atoms with Gasteiger partial charge in [0.05, 0.1) is 30.6 Å². The number of fused-ring (bicyclic) bond motifs is 6. The molecule has 2 saturated heterocycles. The van der Waals surface area contributed by atoms with Crippen molar-refractivity contribution in [2.24, 2.45) is 17.3 Å². The lowest BCUT2D eigenvalue weighted by molar-refractivity contribution is -0.155. The van der Waals surface area contributed by atoms with Crippen LogP contribution in [0.15, 0.2) is 54.7 Å². The number of likely N-dealkylation sites (N-methyl/N-ethyl adjacent to an activating group) is 2. The molecule has 16 nitrogen and oxygen atoms in total. The molecule has 4 amide bonds. The van der Waals surface area contributed by atoms with Gasteiger partial charge >= 0.3 is 5.97 Å². The number of carbonyl (C=O) groups is 5. The number of methoxy groups -OCH3 is 1. The van der Waals surface area contributed by atoms with Gasteiger partial charge in [-0.3, -0.25) is 39.3 Å². The highest BCUT2D eigenvalue weighted by Gasteiger charge is 2.46. The second-order valence-corrected chi connectivity index (χ2v) is 20.3. The Kier molecular flexibility index (Phi) is 15.0. The SMILES string of the molecule is CCn1c(-c2cccnc2[C@H](C)OC)c2c3cc(ccc31)-c1cc(O)cc(c1)C[C@H](NC(=O)[C@H](C(C)C)N(C)C(=O)CN(C)C(=O)[C@H]1N[C@H]1C(C)C)C(=O)N1CCC[C@H](N1)C(=O)OCC(C)(C)C2. The van der Waals surface area contributed by atoms with Gasteiger partial charge in [-0.15, -0.1) is 0 Å². The monoisotopic (exact) mass is 935 g/mol. The fourth-order valence-electron chi connectivity index (χ4n) is 9.99. The van der Waals surface area contributed by atoms with E-state index in [1.807, 2.05) is 52.8 Å². The first-order valence-electron chi connectivity index (χ1n) is 24.0. The standard InChI is InChI=1S/C52H70N8O8/c1-12-59-41-18-17-33-25-37(41)38(47(59)36-15-13-19-53-44(36)31(6)67-11)26-52(7,8)28-68-51(66)39-16-14-20-60(56-39)49(64)40(23-32-21-34(33)24-35(61)22-32)54-48(63)46(30(4)5)58(10)42(62)27-57(9)50(65)45-43(55-45)29(2)3/h13,15,17-19,21-22,24-25,29-31,39-40,43,45-46,55-56,61H,12,14,16,20,23,26-28H2,1-11H3,(H,54,63)/t31-,39-,40-,43-,45-,46-/m0/s1. The van der Waals surface area contributed by atoms with Gasteiger partial charge in [-0.1, -0.05) is 53.7 Å². The Hall–Kier alpha value is -5.84. The van der Waals surface area contributed by atoms with Crippen LogP contribution in [-0.2, 0) is 52.8 Å². The number of cyclic esters (lactones) is 1. The lowest BCUT2D eigenvalue weighted by atomic mass is 9.84. The first-order valence-corrected chi connectivity index (χ1v) is 24.0. The molecule has 0 spiro atoms. The van der Waals surface area contributed by atoms with Crippen LogP contribution in [0.25, 0.3) is 33.3 Å². The highest BCUT2D eigenvalue weighted by molar-refractivity contribution is 5.96. The number of amides is 4. The van der Waals surface area contributed by atoms with Gasteiger partial charge in [0.1, 0.15) is 29.9 Å². The fourth-order valence-corrected chi connectivity index (χ4v) is 9.99. The van der Waals surface area contributed by atoms with Crippen molar-refractivity contribution in [1.29, 1.82) is 0 Å². The Balaban J connectivity index is 1.28. The van der Waals surface area contributed by atoms with Gasteiger partial charge in [0.25, 0.3) is 5.91 Å². The van der Waals surface area contributed by atoms with Crippen molar-refractivity contribution in [3.63, 3.8) is 0 Å². The number of esters is 1. The zero-order valence-electron chi connectivity index (χ0n) is 41.5. The van der Waals surface area contributed by atoms with Crippen molar-refractivity contribution in [3.8, 4) is 28.1 Å². The molecule has 2 fully saturated rings. The molecule has 3 aliphatic heterocycles. The van der Waals surface area contributed by atoms with E-state index in [1.54, 1.807) is 32.5 Å². The summed E-state index contributed by atoms with van der Waals surface area (Å²) in [6.45, 7) is 16.7. The third-order valence-corrected chi connectivity index (χ3v) is 13.7. The third-order valence-electron chi connectivity index (χ3n) is 13.7. The summed E-state index contributed by atoms with van der Waals surface area (Å²) >= 11 is 0. The van der Waals surface area contributed by atoms with Crippen molar-refractivity contribution in [1.82, 2.24) is 40.4 Å². The maximum absolute atomic E-state index is 14.7. The van der Waals surface area contributed by atoms with E-state index < -0.39 is 47.2 Å². The van der Waals surface area contributed by atoms with E-state index in [1.165, 1.54) is 21.9 Å². The van der Waals surface area contributed by atoms with Crippen molar-refractivity contribution in [2.45, 2.75) is 124 Å². The molecule has 7 rings (SSSR count). The van der Waals surface area contributed by atoms with Gasteiger partial charge in [-0.2, -0.15) is 0 Å². The minimum Gasteiger partial charge on any atom is -0.508 e. The smallest absolute Gasteiger partial charge is 0.324 e. The summed E-state index contributed by atoms with van der Waals surface area (Å²) in [5.41, 5.74) is 9.49. The van der Waals surface area contributed by atoms with Crippen LogP contribution in [0.2, 0.25) is 0 Å². The molecular weight excluding hydrogens is 865 g/mol. The van der Waals surface area contributed by atoms with E-state index in [-0.39, 0.29) is 67.8 Å². The van der Waals surface area contributed by atoms with E-state index in [9.17, 15) is 29.1 Å². The van der Waals surface area contributed by atoms with Gasteiger partial charge in [-0.05, 0) is 104 Å². The van der Waals surface area contributed by atoms with Crippen LogP contribution in [0.1, 0.15) is 91.2 Å². The molecule has 6 atom stereocenters. The minimum absolute atomic E-state index is 0.0182. The molecule has 0 saturated carbocycles. The number of nitrogens with zero attached hydrogens (tertiary/aromatic N) is 5. The number of pyridine rings is 1. The molecule has 0 radical (unpaired) electrons. The average molecular weight is 935 g/mol. The van der Waals surface area contributed by atoms with Crippen LogP contribution in [0.4, 0.5) is 0 Å². The molecule has 4 N–H and O–H groups in total. The summed E-state index contributed by atoms with van der Waals surface area (Å²) in [7, 11) is 4.78. The average Bonchev–Trinajstić information content (AvgIpc) is 4.06. The molecule has 2 aromatic carbocycles. The van der Waals surface area contributed by atoms with E-state index in [4.69, 9.17) is 14.5 Å². The zero-order chi connectivity index (χ0) is 49.4. The van der Waals surface area contributed by atoms with Crippen LogP contribution in [0, 0.1) is 17.3 Å². The number of phenols is 1. The van der Waals surface area contributed by atoms with Gasteiger partial charge in [-0.25, -0.2) is 5.43 Å². The molecule has 5 heterocycles. The summed E-state index contributed by atoms with van der Waals surface area (Å²) < 4.78 is 14.2. The molecule has 68 heavy (non-hydrogen) atoms. The van der Waals surface area contributed by atoms with Crippen molar-refractivity contribution < 1.29 is 38.6 Å². The Morgan fingerprint density at radius 1 is 1.04 bits per heavy atom.